The van der Waals surface area contributed by atoms with Crippen molar-refractivity contribution in [2.75, 3.05) is 0 Å². The van der Waals surface area contributed by atoms with Gasteiger partial charge in [0.05, 0.1) is 6.42 Å². The standard InChI is InChI=1S/C23H21FN2O3/c1-16(29-21-13-11-20(24)12-14-21)23(28)26-25-22(27)15-17-7-9-19(10-8-17)18-5-3-2-4-6-18/h2-14,16H,15H2,1H3,(H,25,27)(H,26,28). The summed E-state index contributed by atoms with van der Waals surface area (Å²) < 4.78 is 18.3. The highest BCUT2D eigenvalue weighted by Crippen LogP contribution is 2.19. The summed E-state index contributed by atoms with van der Waals surface area (Å²) >= 11 is 0. The number of ether oxygens (including phenoxy) is 1. The smallest absolute Gasteiger partial charge is 0.279 e. The quantitative estimate of drug-likeness (QED) is 0.630. The van der Waals surface area contributed by atoms with Crippen LogP contribution in [0.4, 0.5) is 4.39 Å². The molecule has 1 unspecified atom stereocenters. The second kappa shape index (κ2) is 9.50. The Morgan fingerprint density at radius 3 is 2.14 bits per heavy atom. The SMILES string of the molecule is CC(Oc1ccc(F)cc1)C(=O)NNC(=O)Cc1ccc(-c2ccccc2)cc1. The van der Waals surface area contributed by atoms with Crippen LogP contribution in [-0.4, -0.2) is 17.9 Å². The van der Waals surface area contributed by atoms with Crippen LogP contribution in [0, 0.1) is 5.82 Å². The molecule has 148 valence electrons. The van der Waals surface area contributed by atoms with Gasteiger partial charge in [-0.3, -0.25) is 20.4 Å². The van der Waals surface area contributed by atoms with Crippen molar-refractivity contribution in [3.63, 3.8) is 0 Å². The molecule has 0 aliphatic rings. The van der Waals surface area contributed by atoms with Gasteiger partial charge in [0, 0.05) is 0 Å². The minimum Gasteiger partial charge on any atom is -0.481 e. The van der Waals surface area contributed by atoms with Gasteiger partial charge in [-0.1, -0.05) is 54.6 Å². The van der Waals surface area contributed by atoms with Crippen molar-refractivity contribution in [2.45, 2.75) is 19.4 Å². The molecule has 0 aliphatic carbocycles. The molecular weight excluding hydrogens is 371 g/mol. The van der Waals surface area contributed by atoms with Gasteiger partial charge in [-0.2, -0.15) is 0 Å². The third kappa shape index (κ3) is 5.90. The third-order valence-electron chi connectivity index (χ3n) is 4.25. The number of carbonyl (C=O) groups excluding carboxylic acids is 2. The molecule has 0 bridgehead atoms. The van der Waals surface area contributed by atoms with E-state index in [-0.39, 0.29) is 12.3 Å². The van der Waals surface area contributed by atoms with Gasteiger partial charge in [0.25, 0.3) is 5.91 Å². The van der Waals surface area contributed by atoms with Crippen molar-refractivity contribution in [3.8, 4) is 16.9 Å². The fourth-order valence-electron chi connectivity index (χ4n) is 2.68. The van der Waals surface area contributed by atoms with Crippen molar-refractivity contribution in [1.82, 2.24) is 10.9 Å². The molecule has 29 heavy (non-hydrogen) atoms. The fraction of sp³-hybridized carbons (Fsp3) is 0.130. The molecule has 3 aromatic carbocycles. The van der Waals surface area contributed by atoms with Gasteiger partial charge in [-0.25, -0.2) is 4.39 Å². The average Bonchev–Trinajstić information content (AvgIpc) is 2.75. The Labute approximate surface area is 168 Å². The summed E-state index contributed by atoms with van der Waals surface area (Å²) in [5, 5.41) is 0. The highest BCUT2D eigenvalue weighted by Gasteiger charge is 2.15. The normalized spacial score (nSPS) is 11.4. The van der Waals surface area contributed by atoms with Gasteiger partial charge in [-0.05, 0) is 47.9 Å². The number of rotatable bonds is 6. The molecule has 0 heterocycles. The number of benzene rings is 3. The van der Waals surface area contributed by atoms with E-state index in [9.17, 15) is 14.0 Å². The molecule has 1 atom stereocenters. The fourth-order valence-corrected chi connectivity index (χ4v) is 2.68. The Balaban J connectivity index is 1.46. The lowest BCUT2D eigenvalue weighted by Crippen LogP contribution is -2.47. The van der Waals surface area contributed by atoms with E-state index in [0.717, 1.165) is 16.7 Å². The topological polar surface area (TPSA) is 67.4 Å². The Bertz CT molecular complexity index is 958. The molecule has 3 aromatic rings. The maximum Gasteiger partial charge on any atom is 0.279 e. The minimum absolute atomic E-state index is 0.128. The van der Waals surface area contributed by atoms with Crippen molar-refractivity contribution >= 4 is 11.8 Å². The number of hydrogen-bond acceptors (Lipinski definition) is 3. The molecule has 0 saturated carbocycles. The van der Waals surface area contributed by atoms with E-state index in [2.05, 4.69) is 10.9 Å². The Hall–Kier alpha value is -3.67. The Kier molecular flexibility index (Phi) is 6.58. The molecule has 0 spiro atoms. The summed E-state index contributed by atoms with van der Waals surface area (Å²) in [5.41, 5.74) is 7.70. The molecule has 0 radical (unpaired) electrons. The molecule has 2 N–H and O–H groups in total. The van der Waals surface area contributed by atoms with Crippen LogP contribution in [0.15, 0.2) is 78.9 Å². The number of halogens is 1. The first-order valence-corrected chi connectivity index (χ1v) is 9.16. The van der Waals surface area contributed by atoms with Crippen LogP contribution in [0.5, 0.6) is 5.75 Å². The van der Waals surface area contributed by atoms with E-state index in [0.29, 0.717) is 5.75 Å². The highest BCUT2D eigenvalue weighted by atomic mass is 19.1. The number of hydrazine groups is 1. The average molecular weight is 392 g/mol. The van der Waals surface area contributed by atoms with E-state index in [4.69, 9.17) is 4.74 Å². The highest BCUT2D eigenvalue weighted by molar-refractivity contribution is 5.85. The van der Waals surface area contributed by atoms with E-state index < -0.39 is 17.8 Å². The molecule has 0 aromatic heterocycles. The summed E-state index contributed by atoms with van der Waals surface area (Å²) in [6.45, 7) is 1.53. The van der Waals surface area contributed by atoms with Crippen LogP contribution >= 0.6 is 0 Å². The van der Waals surface area contributed by atoms with Gasteiger partial charge >= 0.3 is 0 Å². The van der Waals surface area contributed by atoms with Crippen LogP contribution in [-0.2, 0) is 16.0 Å². The molecule has 0 saturated heterocycles. The second-order valence-electron chi connectivity index (χ2n) is 6.49. The van der Waals surface area contributed by atoms with Crippen LogP contribution in [0.3, 0.4) is 0 Å². The second-order valence-corrected chi connectivity index (χ2v) is 6.49. The molecule has 5 nitrogen and oxygen atoms in total. The lowest BCUT2D eigenvalue weighted by Gasteiger charge is -2.15. The zero-order valence-corrected chi connectivity index (χ0v) is 15.9. The summed E-state index contributed by atoms with van der Waals surface area (Å²) in [5.74, 6) is -0.890. The van der Waals surface area contributed by atoms with E-state index in [1.165, 1.54) is 31.2 Å². The summed E-state index contributed by atoms with van der Waals surface area (Å²) in [6.07, 6.45) is -0.728. The first-order chi connectivity index (χ1) is 14.0. The Morgan fingerprint density at radius 1 is 0.862 bits per heavy atom. The lowest BCUT2D eigenvalue weighted by molar-refractivity contribution is -0.132. The van der Waals surface area contributed by atoms with Gasteiger partial charge < -0.3 is 4.74 Å². The molecule has 3 rings (SSSR count). The minimum atomic E-state index is -0.856. The van der Waals surface area contributed by atoms with Crippen molar-refractivity contribution in [2.24, 2.45) is 0 Å². The molecule has 0 aliphatic heterocycles. The maximum atomic E-state index is 12.9. The van der Waals surface area contributed by atoms with E-state index in [1.807, 2.05) is 54.6 Å². The van der Waals surface area contributed by atoms with Gasteiger partial charge in [0.2, 0.25) is 5.91 Å². The van der Waals surface area contributed by atoms with E-state index >= 15 is 0 Å². The van der Waals surface area contributed by atoms with Crippen LogP contribution in [0.2, 0.25) is 0 Å². The number of amides is 2. The predicted molar refractivity (Wildman–Crippen MR) is 108 cm³/mol. The van der Waals surface area contributed by atoms with Gasteiger partial charge in [-0.15, -0.1) is 0 Å². The summed E-state index contributed by atoms with van der Waals surface area (Å²) in [4.78, 5) is 24.1. The van der Waals surface area contributed by atoms with Gasteiger partial charge in [0.1, 0.15) is 11.6 Å². The zero-order valence-electron chi connectivity index (χ0n) is 15.9. The predicted octanol–water partition coefficient (Wildman–Crippen LogP) is 3.65. The van der Waals surface area contributed by atoms with Crippen molar-refractivity contribution in [3.05, 3.63) is 90.2 Å². The Morgan fingerprint density at radius 2 is 1.48 bits per heavy atom. The number of nitrogens with one attached hydrogen (secondary N) is 2. The van der Waals surface area contributed by atoms with Crippen LogP contribution < -0.4 is 15.6 Å². The van der Waals surface area contributed by atoms with Crippen molar-refractivity contribution < 1.29 is 18.7 Å². The van der Waals surface area contributed by atoms with Crippen molar-refractivity contribution in [1.29, 1.82) is 0 Å². The van der Waals surface area contributed by atoms with Crippen LogP contribution in [0.25, 0.3) is 11.1 Å². The summed E-state index contributed by atoms with van der Waals surface area (Å²) in [7, 11) is 0. The lowest BCUT2D eigenvalue weighted by atomic mass is 10.0. The zero-order chi connectivity index (χ0) is 20.6. The largest absolute Gasteiger partial charge is 0.481 e. The maximum absolute atomic E-state index is 12.9. The molecular formula is C23H21FN2O3. The van der Waals surface area contributed by atoms with E-state index in [1.54, 1.807) is 0 Å². The summed E-state index contributed by atoms with van der Waals surface area (Å²) in [6, 6.07) is 22.9. The monoisotopic (exact) mass is 392 g/mol. The molecule has 6 heteroatoms. The molecule has 2 amide bonds. The first kappa shape index (κ1) is 20.1. The van der Waals surface area contributed by atoms with Gasteiger partial charge in [0.15, 0.2) is 6.10 Å². The number of carbonyl (C=O) groups is 2. The van der Waals surface area contributed by atoms with Crippen LogP contribution in [0.1, 0.15) is 12.5 Å². The molecule has 0 fully saturated rings. The number of hydrogen-bond donors (Lipinski definition) is 2. The third-order valence-corrected chi connectivity index (χ3v) is 4.25. The first-order valence-electron chi connectivity index (χ1n) is 9.16.